The van der Waals surface area contributed by atoms with E-state index < -0.39 is 10.0 Å². The summed E-state index contributed by atoms with van der Waals surface area (Å²) in [5.41, 5.74) is 1.20. The smallest absolute Gasteiger partial charge is 0.251 e. The molecule has 2 rings (SSSR count). The molecule has 1 N–H and O–H groups in total. The molecule has 23 heavy (non-hydrogen) atoms. The van der Waals surface area contributed by atoms with Gasteiger partial charge in [0.15, 0.2) is 0 Å². The number of aryl methyl sites for hydroxylation is 1. The molecule has 0 aliphatic carbocycles. The van der Waals surface area contributed by atoms with E-state index in [1.54, 1.807) is 12.1 Å². The molecule has 1 fully saturated rings. The molecule has 1 aromatic carbocycles. The third-order valence-corrected chi connectivity index (χ3v) is 5.98. The second-order valence-corrected chi connectivity index (χ2v) is 7.88. The third-order valence-electron chi connectivity index (χ3n) is 4.09. The Morgan fingerprint density at radius 3 is 2.48 bits per heavy atom. The lowest BCUT2D eigenvalue weighted by molar-refractivity contribution is 0.0953. The van der Waals surface area contributed by atoms with Crippen molar-refractivity contribution < 1.29 is 13.2 Å². The van der Waals surface area contributed by atoms with Crippen LogP contribution in [0, 0.1) is 6.92 Å². The zero-order valence-corrected chi connectivity index (χ0v) is 14.8. The van der Waals surface area contributed by atoms with Crippen LogP contribution < -0.4 is 5.32 Å². The van der Waals surface area contributed by atoms with E-state index in [2.05, 4.69) is 10.2 Å². The number of amides is 1. The van der Waals surface area contributed by atoms with E-state index in [1.165, 1.54) is 10.4 Å². The topological polar surface area (TPSA) is 69.7 Å². The number of benzene rings is 1. The summed E-state index contributed by atoms with van der Waals surface area (Å²) < 4.78 is 27.0. The standard InChI is InChI=1S/C16H25N3O3S/c1-4-7-17-16(20)15-12-14(6-5-13(15)2)23(21,22)19-10-8-18(3)9-11-19/h5-6,12H,4,7-11H2,1-3H3,(H,17,20). The van der Waals surface area contributed by atoms with Gasteiger partial charge in [-0.2, -0.15) is 4.31 Å². The van der Waals surface area contributed by atoms with Crippen LogP contribution in [0.1, 0.15) is 29.3 Å². The van der Waals surface area contributed by atoms with E-state index in [0.29, 0.717) is 25.2 Å². The average molecular weight is 339 g/mol. The van der Waals surface area contributed by atoms with Gasteiger partial charge in [-0.3, -0.25) is 4.79 Å². The molecule has 7 heteroatoms. The largest absolute Gasteiger partial charge is 0.352 e. The zero-order chi connectivity index (χ0) is 17.0. The molecular formula is C16H25N3O3S. The maximum Gasteiger partial charge on any atom is 0.251 e. The molecule has 0 unspecified atom stereocenters. The van der Waals surface area contributed by atoms with Crippen molar-refractivity contribution in [2.24, 2.45) is 0 Å². The van der Waals surface area contributed by atoms with Crippen molar-refractivity contribution in [3.05, 3.63) is 29.3 Å². The van der Waals surface area contributed by atoms with E-state index >= 15 is 0 Å². The number of carbonyl (C=O) groups excluding carboxylic acids is 1. The molecule has 0 atom stereocenters. The second-order valence-electron chi connectivity index (χ2n) is 5.94. The molecule has 1 heterocycles. The van der Waals surface area contributed by atoms with Gasteiger partial charge in [0.05, 0.1) is 4.90 Å². The number of sulfonamides is 1. The summed E-state index contributed by atoms with van der Waals surface area (Å²) in [6.07, 6.45) is 0.837. The van der Waals surface area contributed by atoms with Gasteiger partial charge in [0.1, 0.15) is 0 Å². The van der Waals surface area contributed by atoms with Crippen LogP contribution in [0.25, 0.3) is 0 Å². The van der Waals surface area contributed by atoms with Crippen LogP contribution >= 0.6 is 0 Å². The molecule has 0 saturated carbocycles. The molecule has 0 aromatic heterocycles. The lowest BCUT2D eigenvalue weighted by atomic mass is 10.1. The summed E-state index contributed by atoms with van der Waals surface area (Å²) in [7, 11) is -1.57. The average Bonchev–Trinajstić information content (AvgIpc) is 2.53. The summed E-state index contributed by atoms with van der Waals surface area (Å²) in [6.45, 7) is 6.75. The van der Waals surface area contributed by atoms with Crippen LogP contribution in [0.2, 0.25) is 0 Å². The molecule has 1 aliphatic rings. The van der Waals surface area contributed by atoms with Crippen molar-refractivity contribution in [3.63, 3.8) is 0 Å². The van der Waals surface area contributed by atoms with Crippen LogP contribution in [0.5, 0.6) is 0 Å². The van der Waals surface area contributed by atoms with E-state index in [-0.39, 0.29) is 10.8 Å². The molecule has 128 valence electrons. The van der Waals surface area contributed by atoms with Crippen molar-refractivity contribution in [2.75, 3.05) is 39.8 Å². The van der Waals surface area contributed by atoms with Crippen LogP contribution in [0.3, 0.4) is 0 Å². The zero-order valence-electron chi connectivity index (χ0n) is 14.0. The minimum Gasteiger partial charge on any atom is -0.352 e. The van der Waals surface area contributed by atoms with Crippen molar-refractivity contribution in [1.82, 2.24) is 14.5 Å². The fraction of sp³-hybridized carbons (Fsp3) is 0.562. The predicted octanol–water partition coefficient (Wildman–Crippen LogP) is 1.07. The molecule has 1 aliphatic heterocycles. The summed E-state index contributed by atoms with van der Waals surface area (Å²) in [6, 6.07) is 4.78. The van der Waals surface area contributed by atoms with Gasteiger partial charge in [0, 0.05) is 38.3 Å². The van der Waals surface area contributed by atoms with Gasteiger partial charge in [0.25, 0.3) is 5.91 Å². The quantitative estimate of drug-likeness (QED) is 0.871. The Labute approximate surface area is 138 Å². The highest BCUT2D eigenvalue weighted by Crippen LogP contribution is 2.20. The Balaban J connectivity index is 2.27. The van der Waals surface area contributed by atoms with Gasteiger partial charge in [-0.1, -0.05) is 13.0 Å². The lowest BCUT2D eigenvalue weighted by Gasteiger charge is -2.31. The highest BCUT2D eigenvalue weighted by Gasteiger charge is 2.28. The van der Waals surface area contributed by atoms with Crippen LogP contribution in [-0.4, -0.2) is 63.3 Å². The summed E-state index contributed by atoms with van der Waals surface area (Å²) in [5, 5.41) is 2.80. The van der Waals surface area contributed by atoms with E-state index in [0.717, 1.165) is 25.1 Å². The van der Waals surface area contributed by atoms with Gasteiger partial charge in [-0.15, -0.1) is 0 Å². The molecule has 0 radical (unpaired) electrons. The number of hydrogen-bond donors (Lipinski definition) is 1. The van der Waals surface area contributed by atoms with Crippen LogP contribution in [0.4, 0.5) is 0 Å². The van der Waals surface area contributed by atoms with Crippen molar-refractivity contribution in [3.8, 4) is 0 Å². The molecular weight excluding hydrogens is 314 g/mol. The third kappa shape index (κ3) is 4.10. The highest BCUT2D eigenvalue weighted by atomic mass is 32.2. The normalized spacial score (nSPS) is 17.2. The number of nitrogens with one attached hydrogen (secondary N) is 1. The van der Waals surface area contributed by atoms with Gasteiger partial charge < -0.3 is 10.2 Å². The van der Waals surface area contributed by atoms with E-state index in [9.17, 15) is 13.2 Å². The first kappa shape index (κ1) is 17.9. The highest BCUT2D eigenvalue weighted by molar-refractivity contribution is 7.89. The fourth-order valence-corrected chi connectivity index (χ4v) is 3.97. The number of carbonyl (C=O) groups is 1. The maximum atomic E-state index is 12.8. The van der Waals surface area contributed by atoms with E-state index in [1.807, 2.05) is 20.9 Å². The predicted molar refractivity (Wildman–Crippen MR) is 90.1 cm³/mol. The Bertz CT molecular complexity index is 665. The number of rotatable bonds is 5. The summed E-state index contributed by atoms with van der Waals surface area (Å²) >= 11 is 0. The maximum absolute atomic E-state index is 12.8. The summed E-state index contributed by atoms with van der Waals surface area (Å²) in [5.74, 6) is -0.222. The van der Waals surface area contributed by atoms with E-state index in [4.69, 9.17) is 0 Å². The number of piperazine rings is 1. The van der Waals surface area contributed by atoms with Gasteiger partial charge in [-0.05, 0) is 38.1 Å². The molecule has 1 aromatic rings. The first-order valence-corrected chi connectivity index (χ1v) is 9.38. The summed E-state index contributed by atoms with van der Waals surface area (Å²) in [4.78, 5) is 14.5. The first-order chi connectivity index (χ1) is 10.9. The monoisotopic (exact) mass is 339 g/mol. The number of hydrogen-bond acceptors (Lipinski definition) is 4. The van der Waals surface area contributed by atoms with Gasteiger partial charge in [-0.25, -0.2) is 8.42 Å². The van der Waals surface area contributed by atoms with Gasteiger partial charge in [0.2, 0.25) is 10.0 Å². The van der Waals surface area contributed by atoms with Crippen LogP contribution in [0.15, 0.2) is 23.1 Å². The number of nitrogens with zero attached hydrogens (tertiary/aromatic N) is 2. The molecule has 0 bridgehead atoms. The van der Waals surface area contributed by atoms with Crippen molar-refractivity contribution >= 4 is 15.9 Å². The second kappa shape index (κ2) is 7.42. The minimum atomic E-state index is -3.55. The van der Waals surface area contributed by atoms with Crippen molar-refractivity contribution in [1.29, 1.82) is 0 Å². The van der Waals surface area contributed by atoms with Gasteiger partial charge >= 0.3 is 0 Å². The first-order valence-electron chi connectivity index (χ1n) is 7.93. The lowest BCUT2D eigenvalue weighted by Crippen LogP contribution is -2.47. The Hall–Kier alpha value is -1.44. The molecule has 0 spiro atoms. The molecule has 6 nitrogen and oxygen atoms in total. The SMILES string of the molecule is CCCNC(=O)c1cc(S(=O)(=O)N2CCN(C)CC2)ccc1C. The van der Waals surface area contributed by atoms with Crippen molar-refractivity contribution in [2.45, 2.75) is 25.2 Å². The number of likely N-dealkylation sites (N-methyl/N-ethyl adjacent to an activating group) is 1. The Morgan fingerprint density at radius 2 is 1.87 bits per heavy atom. The minimum absolute atomic E-state index is 0.189. The van der Waals surface area contributed by atoms with Crippen LogP contribution in [-0.2, 0) is 10.0 Å². The Kier molecular flexibility index (Phi) is 5.78. The Morgan fingerprint density at radius 1 is 1.22 bits per heavy atom. The fourth-order valence-electron chi connectivity index (χ4n) is 2.52. The molecule has 1 saturated heterocycles. The molecule has 1 amide bonds.